The smallest absolute Gasteiger partial charge is 0.411 e. The molecule has 16 heavy (non-hydrogen) atoms. The van der Waals surface area contributed by atoms with Gasteiger partial charge in [0, 0.05) is 0 Å². The average Bonchev–Trinajstić information content (AvgIpc) is 2.73. The van der Waals surface area contributed by atoms with Gasteiger partial charge in [0.1, 0.15) is 11.5 Å². The van der Waals surface area contributed by atoms with E-state index in [9.17, 15) is 9.59 Å². The van der Waals surface area contributed by atoms with Crippen LogP contribution in [-0.2, 0) is 9.47 Å². The van der Waals surface area contributed by atoms with E-state index in [-0.39, 0.29) is 6.61 Å². The van der Waals surface area contributed by atoms with Gasteiger partial charge in [0.2, 0.25) is 0 Å². The highest BCUT2D eigenvalue weighted by Crippen LogP contribution is 2.23. The molecule has 0 bridgehead atoms. The number of hydrogen-bond acceptors (Lipinski definition) is 5. The monoisotopic (exact) mass is 241 g/mol. The second-order valence-corrected chi connectivity index (χ2v) is 3.58. The molecule has 1 N–H and O–H groups in total. The number of nitrogens with one attached hydrogen (secondary N) is 1. The van der Waals surface area contributed by atoms with Gasteiger partial charge in [-0.25, -0.2) is 9.59 Å². The maximum atomic E-state index is 11.3. The van der Waals surface area contributed by atoms with Gasteiger partial charge in [-0.3, -0.25) is 5.32 Å². The molecule has 1 amide bonds. The molecule has 0 spiro atoms. The van der Waals surface area contributed by atoms with Crippen LogP contribution in [0.1, 0.15) is 9.67 Å². The van der Waals surface area contributed by atoms with E-state index < -0.39 is 12.1 Å². The number of rotatable bonds is 4. The average molecular weight is 241 g/mol. The molecule has 0 aliphatic rings. The van der Waals surface area contributed by atoms with Crippen LogP contribution in [0, 0.1) is 0 Å². The van der Waals surface area contributed by atoms with Crippen molar-refractivity contribution in [2.75, 3.05) is 19.0 Å². The molecule has 0 fully saturated rings. The first-order valence-electron chi connectivity index (χ1n) is 4.39. The highest BCUT2D eigenvalue weighted by atomic mass is 32.1. The first-order valence-corrected chi connectivity index (χ1v) is 5.27. The van der Waals surface area contributed by atoms with Crippen LogP contribution >= 0.6 is 11.3 Å². The maximum Gasteiger partial charge on any atom is 0.411 e. The molecule has 0 radical (unpaired) electrons. The summed E-state index contributed by atoms with van der Waals surface area (Å²) in [7, 11) is 1.28. The van der Waals surface area contributed by atoms with E-state index in [0.717, 1.165) is 0 Å². The van der Waals surface area contributed by atoms with Gasteiger partial charge in [-0.2, -0.15) is 0 Å². The lowest BCUT2D eigenvalue weighted by Gasteiger charge is -2.05. The molecule has 1 rings (SSSR count). The summed E-state index contributed by atoms with van der Waals surface area (Å²) in [5, 5.41) is 4.12. The van der Waals surface area contributed by atoms with Crippen molar-refractivity contribution in [3.05, 3.63) is 29.0 Å². The van der Waals surface area contributed by atoms with E-state index in [0.29, 0.717) is 10.6 Å². The third-order valence-electron chi connectivity index (χ3n) is 1.61. The summed E-state index contributed by atoms with van der Waals surface area (Å²) in [6.45, 7) is 3.53. The van der Waals surface area contributed by atoms with Gasteiger partial charge in [0.25, 0.3) is 0 Å². The van der Waals surface area contributed by atoms with Crippen LogP contribution in [0.5, 0.6) is 0 Å². The fourth-order valence-corrected chi connectivity index (χ4v) is 1.70. The van der Waals surface area contributed by atoms with Crippen LogP contribution in [-0.4, -0.2) is 25.8 Å². The van der Waals surface area contributed by atoms with Crippen molar-refractivity contribution in [3.63, 3.8) is 0 Å². The third-order valence-corrected chi connectivity index (χ3v) is 2.50. The van der Waals surface area contributed by atoms with Crippen LogP contribution in [0.2, 0.25) is 0 Å². The molecule has 0 unspecified atom stereocenters. The number of anilines is 1. The highest BCUT2D eigenvalue weighted by molar-refractivity contribution is 7.12. The van der Waals surface area contributed by atoms with Crippen molar-refractivity contribution in [1.82, 2.24) is 0 Å². The first-order chi connectivity index (χ1) is 7.69. The van der Waals surface area contributed by atoms with Gasteiger partial charge >= 0.3 is 12.1 Å². The van der Waals surface area contributed by atoms with Crippen molar-refractivity contribution in [2.45, 2.75) is 0 Å². The quantitative estimate of drug-likeness (QED) is 0.648. The lowest BCUT2D eigenvalue weighted by Crippen LogP contribution is -2.15. The lowest BCUT2D eigenvalue weighted by atomic mass is 10.4. The molecule has 6 heteroatoms. The second kappa shape index (κ2) is 5.92. The molecule has 86 valence electrons. The molecule has 0 aromatic carbocycles. The molecule has 1 aromatic rings. The number of hydrogen-bond donors (Lipinski definition) is 1. The molecule has 0 saturated carbocycles. The van der Waals surface area contributed by atoms with Gasteiger partial charge in [-0.15, -0.1) is 11.3 Å². The Morgan fingerprint density at radius 3 is 3.00 bits per heavy atom. The minimum Gasteiger partial charge on any atom is -0.465 e. The number of carbonyl (C=O) groups excluding carboxylic acids is 2. The Labute approximate surface area is 96.7 Å². The molecule has 1 aromatic heterocycles. The van der Waals surface area contributed by atoms with Gasteiger partial charge < -0.3 is 9.47 Å². The van der Waals surface area contributed by atoms with Crippen LogP contribution in [0.4, 0.5) is 10.5 Å². The number of methoxy groups -OCH3 is 1. The normalized spacial score (nSPS) is 9.31. The minimum atomic E-state index is -0.636. The van der Waals surface area contributed by atoms with Crippen LogP contribution in [0.25, 0.3) is 0 Å². The summed E-state index contributed by atoms with van der Waals surface area (Å²) in [4.78, 5) is 22.8. The van der Waals surface area contributed by atoms with Crippen LogP contribution in [0.3, 0.4) is 0 Å². The fourth-order valence-electron chi connectivity index (χ4n) is 0.939. The number of esters is 1. The number of thiophene rings is 1. The number of carbonyl (C=O) groups is 2. The minimum absolute atomic E-state index is 0.115. The van der Waals surface area contributed by atoms with Gasteiger partial charge in [-0.1, -0.05) is 12.7 Å². The molecule has 0 aliphatic heterocycles. The standard InChI is InChI=1S/C10H11NO4S/c1-3-5-15-10(13)11-7-4-6-16-8(7)9(12)14-2/h3-4,6H,1,5H2,2H3,(H,11,13). The third kappa shape index (κ3) is 3.09. The Morgan fingerprint density at radius 2 is 2.38 bits per heavy atom. The Kier molecular flexibility index (Phi) is 4.53. The predicted molar refractivity (Wildman–Crippen MR) is 60.8 cm³/mol. The Bertz CT molecular complexity index is 399. The van der Waals surface area contributed by atoms with Crippen molar-refractivity contribution in [2.24, 2.45) is 0 Å². The van der Waals surface area contributed by atoms with Crippen molar-refractivity contribution >= 4 is 29.1 Å². The van der Waals surface area contributed by atoms with Crippen molar-refractivity contribution in [1.29, 1.82) is 0 Å². The highest BCUT2D eigenvalue weighted by Gasteiger charge is 2.15. The molecular weight excluding hydrogens is 230 g/mol. The number of ether oxygens (including phenoxy) is 2. The molecule has 0 atom stereocenters. The van der Waals surface area contributed by atoms with E-state index in [1.165, 1.54) is 24.5 Å². The summed E-state index contributed by atoms with van der Waals surface area (Å²) in [6.07, 6.45) is 0.817. The summed E-state index contributed by atoms with van der Waals surface area (Å²) in [5.74, 6) is -0.492. The van der Waals surface area contributed by atoms with E-state index >= 15 is 0 Å². The molecular formula is C10H11NO4S. The Hall–Kier alpha value is -1.82. The predicted octanol–water partition coefficient (Wildman–Crippen LogP) is 2.27. The molecule has 5 nitrogen and oxygen atoms in total. The fraction of sp³-hybridized carbons (Fsp3) is 0.200. The van der Waals surface area contributed by atoms with Crippen LogP contribution < -0.4 is 5.32 Å². The van der Waals surface area contributed by atoms with Crippen molar-refractivity contribution < 1.29 is 19.1 Å². The first kappa shape index (κ1) is 12.3. The summed E-state index contributed by atoms with van der Waals surface area (Å²) in [5.41, 5.74) is 0.380. The molecule has 0 saturated heterocycles. The summed E-state index contributed by atoms with van der Waals surface area (Å²) in [6, 6.07) is 1.60. The maximum absolute atomic E-state index is 11.3. The van der Waals surface area contributed by atoms with Gasteiger partial charge in [0.15, 0.2) is 0 Å². The molecule has 0 aliphatic carbocycles. The molecule has 1 heterocycles. The Balaban J connectivity index is 2.66. The van der Waals surface area contributed by atoms with E-state index in [4.69, 9.17) is 4.74 Å². The summed E-state index contributed by atoms with van der Waals surface area (Å²) < 4.78 is 9.28. The zero-order valence-electron chi connectivity index (χ0n) is 8.69. The van der Waals surface area contributed by atoms with Gasteiger partial charge in [-0.05, 0) is 11.4 Å². The van der Waals surface area contributed by atoms with Crippen LogP contribution in [0.15, 0.2) is 24.1 Å². The largest absolute Gasteiger partial charge is 0.465 e. The lowest BCUT2D eigenvalue weighted by molar-refractivity contribution is 0.0607. The number of amides is 1. The van der Waals surface area contributed by atoms with E-state index in [2.05, 4.69) is 16.6 Å². The summed E-state index contributed by atoms with van der Waals surface area (Å²) >= 11 is 1.18. The zero-order chi connectivity index (χ0) is 12.0. The van der Waals surface area contributed by atoms with E-state index in [1.54, 1.807) is 11.4 Å². The zero-order valence-corrected chi connectivity index (χ0v) is 9.50. The Morgan fingerprint density at radius 1 is 1.62 bits per heavy atom. The van der Waals surface area contributed by atoms with E-state index in [1.807, 2.05) is 0 Å². The topological polar surface area (TPSA) is 64.6 Å². The second-order valence-electron chi connectivity index (χ2n) is 2.67. The SMILES string of the molecule is C=CCOC(=O)Nc1ccsc1C(=O)OC. The van der Waals surface area contributed by atoms with Crippen molar-refractivity contribution in [3.8, 4) is 0 Å². The van der Waals surface area contributed by atoms with Gasteiger partial charge in [0.05, 0.1) is 12.8 Å².